The zero-order chi connectivity index (χ0) is 12.4. The molecule has 0 radical (unpaired) electrons. The molecule has 3 saturated carbocycles. The zero-order valence-corrected chi connectivity index (χ0v) is 11.5. The third-order valence-electron chi connectivity index (χ3n) is 5.72. The van der Waals surface area contributed by atoms with Crippen molar-refractivity contribution in [3.63, 3.8) is 0 Å². The van der Waals surface area contributed by atoms with Crippen LogP contribution in [0.4, 0.5) is 0 Å². The van der Waals surface area contributed by atoms with Crippen molar-refractivity contribution in [2.45, 2.75) is 58.2 Å². The fourth-order valence-corrected chi connectivity index (χ4v) is 4.21. The molecule has 17 heavy (non-hydrogen) atoms. The summed E-state index contributed by atoms with van der Waals surface area (Å²) < 4.78 is 17.6. The maximum Gasteiger partial charge on any atom is 0.488 e. The molecule has 0 amide bonds. The van der Waals surface area contributed by atoms with Crippen molar-refractivity contribution in [2.75, 3.05) is 7.11 Å². The monoisotopic (exact) mass is 238 g/mol. The van der Waals surface area contributed by atoms with E-state index in [1.807, 2.05) is 6.92 Å². The molecule has 0 aromatic heterocycles. The molecule has 1 heterocycles. The highest BCUT2D eigenvalue weighted by atomic mass is 16.7. The molecule has 5 atom stereocenters. The van der Waals surface area contributed by atoms with Crippen LogP contribution in [0.1, 0.15) is 40.5 Å². The lowest BCUT2D eigenvalue weighted by atomic mass is 9.43. The van der Waals surface area contributed by atoms with Crippen LogP contribution in [0, 0.1) is 17.3 Å². The number of ether oxygens (including phenoxy) is 1. The van der Waals surface area contributed by atoms with Gasteiger partial charge in [-0.25, -0.2) is 0 Å². The molecule has 4 heteroatoms. The summed E-state index contributed by atoms with van der Waals surface area (Å²) >= 11 is 0. The fraction of sp³-hybridized carbons (Fsp3) is 1.00. The first-order chi connectivity index (χ1) is 7.89. The molecular weight excluding hydrogens is 215 g/mol. The van der Waals surface area contributed by atoms with Gasteiger partial charge in [0.25, 0.3) is 0 Å². The van der Waals surface area contributed by atoms with Crippen molar-refractivity contribution in [3.8, 4) is 0 Å². The normalized spacial score (nSPS) is 48.5. The second kappa shape index (κ2) is 3.49. The summed E-state index contributed by atoms with van der Waals surface area (Å²) in [5, 5.41) is 0. The maximum absolute atomic E-state index is 6.24. The van der Waals surface area contributed by atoms with Gasteiger partial charge in [0, 0.05) is 7.11 Å². The van der Waals surface area contributed by atoms with E-state index in [9.17, 15) is 0 Å². The minimum atomic E-state index is -0.190. The van der Waals surface area contributed by atoms with Crippen molar-refractivity contribution < 1.29 is 14.0 Å². The summed E-state index contributed by atoms with van der Waals surface area (Å²) in [6.07, 6.45) is 2.71. The van der Waals surface area contributed by atoms with Gasteiger partial charge in [0.05, 0.1) is 17.7 Å². The molecule has 3 aliphatic carbocycles. The predicted octanol–water partition coefficient (Wildman–Crippen LogP) is 2.29. The average molecular weight is 238 g/mol. The first-order valence-corrected chi connectivity index (χ1v) is 6.75. The van der Waals surface area contributed by atoms with Gasteiger partial charge in [-0.3, -0.25) is 0 Å². The second-order valence-corrected chi connectivity index (χ2v) is 6.78. The van der Waals surface area contributed by atoms with Gasteiger partial charge in [0.15, 0.2) is 0 Å². The number of rotatable bonds is 2. The average Bonchev–Trinajstić information content (AvgIpc) is 2.64. The SMILES string of the molecule is CO[C@H](C)B1O[C@@H]2C[C@@H]3C[C@@H](C3(C)C)[C@]2(C)O1. The first-order valence-electron chi connectivity index (χ1n) is 6.75. The lowest BCUT2D eigenvalue weighted by molar-refractivity contribution is -0.199. The van der Waals surface area contributed by atoms with Gasteiger partial charge in [-0.05, 0) is 43.9 Å². The van der Waals surface area contributed by atoms with E-state index in [4.69, 9.17) is 14.0 Å². The molecule has 0 spiro atoms. The molecular formula is C13H23BO3. The summed E-state index contributed by atoms with van der Waals surface area (Å²) in [5.41, 5.74) is 0.315. The van der Waals surface area contributed by atoms with Gasteiger partial charge in [0.1, 0.15) is 0 Å². The Hall–Kier alpha value is -0.0551. The van der Waals surface area contributed by atoms with Crippen LogP contribution in [0.3, 0.4) is 0 Å². The summed E-state index contributed by atoms with van der Waals surface area (Å²) in [7, 11) is 1.52. The van der Waals surface area contributed by atoms with Gasteiger partial charge in [-0.2, -0.15) is 0 Å². The molecule has 4 rings (SSSR count). The quantitative estimate of drug-likeness (QED) is 0.691. The first kappa shape index (κ1) is 12.0. The van der Waals surface area contributed by atoms with E-state index in [0.717, 1.165) is 12.3 Å². The molecule has 2 bridgehead atoms. The maximum atomic E-state index is 6.24. The zero-order valence-electron chi connectivity index (χ0n) is 11.5. The van der Waals surface area contributed by atoms with Crippen LogP contribution < -0.4 is 0 Å². The van der Waals surface area contributed by atoms with Crippen LogP contribution in [-0.4, -0.2) is 31.9 Å². The number of methoxy groups -OCH3 is 1. The van der Waals surface area contributed by atoms with Crippen LogP contribution >= 0.6 is 0 Å². The molecule has 4 fully saturated rings. The molecule has 0 aromatic carbocycles. The van der Waals surface area contributed by atoms with Gasteiger partial charge in [-0.1, -0.05) is 13.8 Å². The Kier molecular flexibility index (Phi) is 2.46. The Balaban J connectivity index is 1.82. The third-order valence-corrected chi connectivity index (χ3v) is 5.72. The van der Waals surface area contributed by atoms with Crippen molar-refractivity contribution in [1.29, 1.82) is 0 Å². The van der Waals surface area contributed by atoms with E-state index in [1.54, 1.807) is 7.11 Å². The summed E-state index contributed by atoms with van der Waals surface area (Å²) in [6, 6.07) is 0.0118. The van der Waals surface area contributed by atoms with E-state index in [1.165, 1.54) is 6.42 Å². The van der Waals surface area contributed by atoms with Gasteiger partial charge >= 0.3 is 7.12 Å². The molecule has 0 unspecified atom stereocenters. The Bertz CT molecular complexity index is 333. The molecule has 1 aliphatic heterocycles. The highest BCUT2D eigenvalue weighted by Crippen LogP contribution is 2.65. The van der Waals surface area contributed by atoms with Gasteiger partial charge < -0.3 is 14.0 Å². The highest BCUT2D eigenvalue weighted by Gasteiger charge is 2.68. The second-order valence-electron chi connectivity index (χ2n) is 6.78. The predicted molar refractivity (Wildman–Crippen MR) is 66.6 cm³/mol. The molecule has 4 aliphatic rings. The largest absolute Gasteiger partial charge is 0.488 e. The van der Waals surface area contributed by atoms with E-state index >= 15 is 0 Å². The Morgan fingerprint density at radius 3 is 2.59 bits per heavy atom. The van der Waals surface area contributed by atoms with Crippen LogP contribution in [0.5, 0.6) is 0 Å². The summed E-state index contributed by atoms with van der Waals surface area (Å²) in [4.78, 5) is 0. The Labute approximate surface area is 104 Å². The van der Waals surface area contributed by atoms with Crippen LogP contribution in [0.15, 0.2) is 0 Å². The lowest BCUT2D eigenvalue weighted by Crippen LogP contribution is -2.65. The molecule has 3 nitrogen and oxygen atoms in total. The summed E-state index contributed by atoms with van der Waals surface area (Å²) in [5.74, 6) is 1.44. The van der Waals surface area contributed by atoms with Gasteiger partial charge in [0.2, 0.25) is 0 Å². The fourth-order valence-electron chi connectivity index (χ4n) is 4.21. The van der Waals surface area contributed by atoms with E-state index < -0.39 is 0 Å². The van der Waals surface area contributed by atoms with Crippen LogP contribution in [0.2, 0.25) is 0 Å². The van der Waals surface area contributed by atoms with E-state index in [2.05, 4.69) is 20.8 Å². The highest BCUT2D eigenvalue weighted by molar-refractivity contribution is 6.46. The number of hydrogen-bond donors (Lipinski definition) is 0. The number of hydrogen-bond acceptors (Lipinski definition) is 3. The molecule has 0 aromatic rings. The standard InChI is InChI=1S/C13H23BO3/c1-8(15-5)14-16-11-7-9-6-10(12(9,2)3)13(11,4)17-14/h8-11H,6-7H2,1-5H3/t8-,9+,10+,11-,13+/m1/s1. The van der Waals surface area contributed by atoms with Crippen LogP contribution in [-0.2, 0) is 14.0 Å². The minimum absolute atomic E-state index is 0.0118. The van der Waals surface area contributed by atoms with Crippen molar-refractivity contribution in [1.82, 2.24) is 0 Å². The van der Waals surface area contributed by atoms with Crippen LogP contribution in [0.25, 0.3) is 0 Å². The smallest absolute Gasteiger partial charge is 0.404 e. The Morgan fingerprint density at radius 1 is 1.29 bits per heavy atom. The van der Waals surface area contributed by atoms with Gasteiger partial charge in [-0.15, -0.1) is 0 Å². The van der Waals surface area contributed by atoms with Crippen molar-refractivity contribution >= 4 is 7.12 Å². The lowest BCUT2D eigenvalue weighted by Gasteiger charge is -2.64. The minimum Gasteiger partial charge on any atom is -0.404 e. The van der Waals surface area contributed by atoms with E-state index in [-0.39, 0.29) is 24.8 Å². The third kappa shape index (κ3) is 1.41. The van der Waals surface area contributed by atoms with E-state index in [0.29, 0.717) is 11.3 Å². The van der Waals surface area contributed by atoms with Crippen molar-refractivity contribution in [2.24, 2.45) is 17.3 Å². The topological polar surface area (TPSA) is 27.7 Å². The molecule has 0 N–H and O–H groups in total. The molecule has 96 valence electrons. The Morgan fingerprint density at radius 2 is 2.00 bits per heavy atom. The van der Waals surface area contributed by atoms with Crippen molar-refractivity contribution in [3.05, 3.63) is 0 Å². The summed E-state index contributed by atoms with van der Waals surface area (Å²) in [6.45, 7) is 9.01. The molecule has 1 saturated heterocycles.